The molecule has 0 aliphatic carbocycles. The first-order chi connectivity index (χ1) is 8.33. The van der Waals surface area contributed by atoms with Gasteiger partial charge in [-0.25, -0.2) is 4.98 Å². The Hall–Kier alpha value is -1.66. The molecule has 0 amide bonds. The second-order valence-electron chi connectivity index (χ2n) is 3.40. The van der Waals surface area contributed by atoms with E-state index in [4.69, 9.17) is 11.6 Å². The topological polar surface area (TPSA) is 66.5 Å². The molecule has 7 heteroatoms. The minimum absolute atomic E-state index is 0.228. The summed E-state index contributed by atoms with van der Waals surface area (Å²) in [6, 6.07) is 1.92. The van der Waals surface area contributed by atoms with Crippen molar-refractivity contribution in [3.8, 4) is 0 Å². The van der Waals surface area contributed by atoms with Gasteiger partial charge in [0.1, 0.15) is 11.5 Å². The van der Waals surface area contributed by atoms with Crippen LogP contribution in [-0.2, 0) is 6.54 Å². The van der Waals surface area contributed by atoms with Gasteiger partial charge >= 0.3 is 0 Å². The number of halogens is 1. The summed E-state index contributed by atoms with van der Waals surface area (Å²) in [4.78, 5) is 16.4. The maximum Gasteiger partial charge on any atom is 0.226 e. The van der Waals surface area contributed by atoms with Crippen LogP contribution in [0.1, 0.15) is 4.88 Å². The van der Waals surface area contributed by atoms with Crippen LogP contribution in [0.5, 0.6) is 0 Å². The van der Waals surface area contributed by atoms with Gasteiger partial charge in [-0.15, -0.1) is 11.3 Å². The standard InChI is InChI=1S/C10H8ClN5S/c11-10-15-8-7(1-2-13-8)9(16-10)14-4-6-3-12-5-17-6/h1-3,5H,4H2,(H2,13,14,15,16). The van der Waals surface area contributed by atoms with Gasteiger partial charge in [-0.1, -0.05) is 0 Å². The number of aromatic amines is 1. The van der Waals surface area contributed by atoms with E-state index in [-0.39, 0.29) is 5.28 Å². The van der Waals surface area contributed by atoms with Gasteiger partial charge in [-0.05, 0) is 17.7 Å². The van der Waals surface area contributed by atoms with Crippen molar-refractivity contribution in [1.82, 2.24) is 19.9 Å². The summed E-state index contributed by atoms with van der Waals surface area (Å²) in [5.74, 6) is 0.731. The van der Waals surface area contributed by atoms with Crippen LogP contribution in [0.3, 0.4) is 0 Å². The van der Waals surface area contributed by atoms with E-state index in [9.17, 15) is 0 Å². The third kappa shape index (κ3) is 2.09. The van der Waals surface area contributed by atoms with Crippen LogP contribution >= 0.6 is 22.9 Å². The number of hydrogen-bond acceptors (Lipinski definition) is 5. The minimum Gasteiger partial charge on any atom is -0.364 e. The van der Waals surface area contributed by atoms with Crippen LogP contribution in [0.15, 0.2) is 24.0 Å². The monoisotopic (exact) mass is 265 g/mol. The second kappa shape index (κ2) is 4.31. The van der Waals surface area contributed by atoms with E-state index in [1.165, 1.54) is 0 Å². The van der Waals surface area contributed by atoms with E-state index in [0.29, 0.717) is 6.54 Å². The highest BCUT2D eigenvalue weighted by molar-refractivity contribution is 7.09. The minimum atomic E-state index is 0.228. The molecule has 0 bridgehead atoms. The SMILES string of the molecule is Clc1nc(NCc2cncs2)c2cc[nH]c2n1. The molecule has 0 unspecified atom stereocenters. The maximum absolute atomic E-state index is 5.85. The van der Waals surface area contributed by atoms with E-state index >= 15 is 0 Å². The van der Waals surface area contributed by atoms with Gasteiger partial charge in [0, 0.05) is 17.3 Å². The van der Waals surface area contributed by atoms with Gasteiger partial charge in [-0.2, -0.15) is 4.98 Å². The molecule has 2 N–H and O–H groups in total. The van der Waals surface area contributed by atoms with E-state index in [0.717, 1.165) is 21.7 Å². The molecule has 0 saturated heterocycles. The smallest absolute Gasteiger partial charge is 0.226 e. The lowest BCUT2D eigenvalue weighted by Crippen LogP contribution is -2.01. The van der Waals surface area contributed by atoms with Crippen LogP contribution < -0.4 is 5.32 Å². The Morgan fingerprint density at radius 1 is 1.41 bits per heavy atom. The molecule has 3 aromatic heterocycles. The van der Waals surface area contributed by atoms with Crippen molar-refractivity contribution >= 4 is 39.8 Å². The Labute approximate surface area is 106 Å². The number of thiazole rings is 1. The van der Waals surface area contributed by atoms with Gasteiger partial charge in [0.25, 0.3) is 0 Å². The lowest BCUT2D eigenvalue weighted by molar-refractivity contribution is 1.12. The zero-order valence-electron chi connectivity index (χ0n) is 8.64. The van der Waals surface area contributed by atoms with Crippen molar-refractivity contribution in [3.05, 3.63) is 34.1 Å². The molecule has 0 radical (unpaired) electrons. The second-order valence-corrected chi connectivity index (χ2v) is 4.71. The number of nitrogens with one attached hydrogen (secondary N) is 2. The summed E-state index contributed by atoms with van der Waals surface area (Å²) in [6.07, 6.45) is 3.64. The molecule has 0 aliphatic heterocycles. The lowest BCUT2D eigenvalue weighted by Gasteiger charge is -2.05. The van der Waals surface area contributed by atoms with Gasteiger partial charge < -0.3 is 10.3 Å². The highest BCUT2D eigenvalue weighted by atomic mass is 35.5. The molecule has 0 fully saturated rings. The lowest BCUT2D eigenvalue weighted by atomic mass is 10.3. The van der Waals surface area contributed by atoms with Crippen LogP contribution in [0.4, 0.5) is 5.82 Å². The highest BCUT2D eigenvalue weighted by Gasteiger charge is 2.07. The van der Waals surface area contributed by atoms with E-state index in [1.807, 2.05) is 18.5 Å². The van der Waals surface area contributed by atoms with Gasteiger partial charge in [-0.3, -0.25) is 4.98 Å². The van der Waals surface area contributed by atoms with E-state index in [1.54, 1.807) is 16.8 Å². The molecule has 3 rings (SSSR count). The number of nitrogens with zero attached hydrogens (tertiary/aromatic N) is 3. The molecule has 0 aliphatic rings. The number of anilines is 1. The molecule has 86 valence electrons. The summed E-state index contributed by atoms with van der Waals surface area (Å²) in [6.45, 7) is 0.679. The van der Waals surface area contributed by atoms with Crippen LogP contribution in [-0.4, -0.2) is 19.9 Å². The largest absolute Gasteiger partial charge is 0.364 e. The molecule has 5 nitrogen and oxygen atoms in total. The normalized spacial score (nSPS) is 10.9. The number of aromatic nitrogens is 4. The first-order valence-corrected chi connectivity index (χ1v) is 6.20. The molecule has 3 aromatic rings. The Morgan fingerprint density at radius 3 is 3.18 bits per heavy atom. The number of hydrogen-bond donors (Lipinski definition) is 2. The van der Waals surface area contributed by atoms with Crippen molar-refractivity contribution in [2.45, 2.75) is 6.54 Å². The molecule has 0 aromatic carbocycles. The zero-order valence-corrected chi connectivity index (χ0v) is 10.2. The highest BCUT2D eigenvalue weighted by Crippen LogP contribution is 2.21. The molecule has 17 heavy (non-hydrogen) atoms. The number of H-pyrrole nitrogens is 1. The van der Waals surface area contributed by atoms with Crippen molar-refractivity contribution in [1.29, 1.82) is 0 Å². The third-order valence-electron chi connectivity index (χ3n) is 2.30. The molecule has 0 saturated carbocycles. The number of rotatable bonds is 3. The van der Waals surface area contributed by atoms with Crippen LogP contribution in [0.25, 0.3) is 11.0 Å². The molecule has 3 heterocycles. The average Bonchev–Trinajstić information content (AvgIpc) is 2.95. The summed E-state index contributed by atoms with van der Waals surface area (Å²) in [7, 11) is 0. The molecular weight excluding hydrogens is 258 g/mol. The maximum atomic E-state index is 5.85. The molecule has 0 atom stereocenters. The average molecular weight is 266 g/mol. The zero-order chi connectivity index (χ0) is 11.7. The first kappa shape index (κ1) is 10.5. The van der Waals surface area contributed by atoms with Gasteiger partial charge in [0.2, 0.25) is 5.28 Å². The van der Waals surface area contributed by atoms with Crippen molar-refractivity contribution in [3.63, 3.8) is 0 Å². The summed E-state index contributed by atoms with van der Waals surface area (Å²) >= 11 is 7.45. The Bertz CT molecular complexity index is 633. The summed E-state index contributed by atoms with van der Waals surface area (Å²) in [5, 5.41) is 4.39. The summed E-state index contributed by atoms with van der Waals surface area (Å²) in [5.41, 5.74) is 2.53. The number of fused-ring (bicyclic) bond motifs is 1. The van der Waals surface area contributed by atoms with Crippen molar-refractivity contribution in [2.75, 3.05) is 5.32 Å². The van der Waals surface area contributed by atoms with E-state index < -0.39 is 0 Å². The molecular formula is C10H8ClN5S. The van der Waals surface area contributed by atoms with Crippen molar-refractivity contribution in [2.24, 2.45) is 0 Å². The van der Waals surface area contributed by atoms with Crippen LogP contribution in [0.2, 0.25) is 5.28 Å². The van der Waals surface area contributed by atoms with Gasteiger partial charge in [0.15, 0.2) is 0 Å². The predicted octanol–water partition coefficient (Wildman–Crippen LogP) is 2.68. The summed E-state index contributed by atoms with van der Waals surface area (Å²) < 4.78 is 0. The first-order valence-electron chi connectivity index (χ1n) is 4.95. The molecule has 0 spiro atoms. The van der Waals surface area contributed by atoms with E-state index in [2.05, 4.69) is 25.3 Å². The Balaban J connectivity index is 1.91. The third-order valence-corrected chi connectivity index (χ3v) is 3.25. The predicted molar refractivity (Wildman–Crippen MR) is 68.3 cm³/mol. The van der Waals surface area contributed by atoms with Crippen LogP contribution in [0, 0.1) is 0 Å². The Kier molecular flexibility index (Phi) is 2.66. The Morgan fingerprint density at radius 2 is 2.35 bits per heavy atom. The van der Waals surface area contributed by atoms with Crippen molar-refractivity contribution < 1.29 is 0 Å². The fourth-order valence-corrected chi connectivity index (χ4v) is 2.25. The quantitative estimate of drug-likeness (QED) is 0.715. The van der Waals surface area contributed by atoms with Gasteiger partial charge in [0.05, 0.1) is 17.4 Å². The fraction of sp³-hybridized carbons (Fsp3) is 0.100. The fourth-order valence-electron chi connectivity index (χ4n) is 1.55.